The normalized spacial score (nSPS) is 13.6. The van der Waals surface area contributed by atoms with Crippen LogP contribution in [-0.2, 0) is 11.3 Å². The molecule has 8 nitrogen and oxygen atoms in total. The maximum atomic E-state index is 12.8. The van der Waals surface area contributed by atoms with Crippen LogP contribution < -0.4 is 19.5 Å². The lowest BCUT2D eigenvalue weighted by Gasteiger charge is -2.38. The maximum Gasteiger partial charge on any atom is 0.256 e. The Morgan fingerprint density at radius 1 is 1.06 bits per heavy atom. The van der Waals surface area contributed by atoms with Gasteiger partial charge in [0.15, 0.2) is 11.5 Å². The van der Waals surface area contributed by atoms with Crippen molar-refractivity contribution in [1.29, 1.82) is 0 Å². The highest BCUT2D eigenvalue weighted by Crippen LogP contribution is 2.38. The van der Waals surface area contributed by atoms with Crippen molar-refractivity contribution in [3.8, 4) is 17.2 Å². The third-order valence-corrected chi connectivity index (χ3v) is 5.55. The Morgan fingerprint density at radius 3 is 2.39 bits per heavy atom. The van der Waals surface area contributed by atoms with Crippen LogP contribution in [0.15, 0.2) is 42.6 Å². The van der Waals surface area contributed by atoms with Gasteiger partial charge in [0, 0.05) is 36.7 Å². The number of likely N-dealkylation sites (tertiary alicyclic amines) is 1. The van der Waals surface area contributed by atoms with Crippen LogP contribution in [0.4, 0.5) is 0 Å². The predicted octanol–water partition coefficient (Wildman–Crippen LogP) is 2.58. The first-order valence-electron chi connectivity index (χ1n) is 9.97. The molecule has 1 fully saturated rings. The molecule has 0 aliphatic carbocycles. The molecule has 0 bridgehead atoms. The lowest BCUT2D eigenvalue weighted by Crippen LogP contribution is -2.55. The number of nitrogens with zero attached hydrogens (tertiary/aromatic N) is 1. The summed E-state index contributed by atoms with van der Waals surface area (Å²) in [4.78, 5) is 30.1. The number of ether oxygens (including phenoxy) is 3. The molecule has 4 rings (SSSR count). The standard InChI is InChI=1S/C23H25N3O5/c1-29-19-8-14(9-20(30-2)21(19)31-3)10-25-22(27)15-12-26(13-15)23(28)17-11-24-18-7-5-4-6-16(17)18/h4-9,11,15,24H,10,12-13H2,1-3H3,(H,25,27). The van der Waals surface area contributed by atoms with Crippen LogP contribution in [0.1, 0.15) is 15.9 Å². The number of nitrogens with one attached hydrogen (secondary N) is 2. The maximum absolute atomic E-state index is 12.8. The Balaban J connectivity index is 1.35. The van der Waals surface area contributed by atoms with Crippen LogP contribution in [0.25, 0.3) is 10.9 Å². The molecule has 0 saturated carbocycles. The Kier molecular flexibility index (Phi) is 5.70. The number of amides is 2. The van der Waals surface area contributed by atoms with E-state index in [1.165, 1.54) is 0 Å². The molecule has 31 heavy (non-hydrogen) atoms. The highest BCUT2D eigenvalue weighted by Gasteiger charge is 2.36. The molecule has 3 aromatic rings. The van der Waals surface area contributed by atoms with E-state index in [2.05, 4.69) is 10.3 Å². The molecule has 2 aromatic carbocycles. The van der Waals surface area contributed by atoms with Gasteiger partial charge in [0.2, 0.25) is 11.7 Å². The van der Waals surface area contributed by atoms with E-state index >= 15 is 0 Å². The second-order valence-corrected chi connectivity index (χ2v) is 7.41. The molecular formula is C23H25N3O5. The van der Waals surface area contributed by atoms with Gasteiger partial charge in [0.1, 0.15) is 0 Å². The molecule has 0 atom stereocenters. The van der Waals surface area contributed by atoms with E-state index in [9.17, 15) is 9.59 Å². The van der Waals surface area contributed by atoms with Crippen LogP contribution in [0.3, 0.4) is 0 Å². The van der Waals surface area contributed by atoms with E-state index < -0.39 is 0 Å². The van der Waals surface area contributed by atoms with Crippen molar-refractivity contribution >= 4 is 22.7 Å². The smallest absolute Gasteiger partial charge is 0.256 e. The molecular weight excluding hydrogens is 398 g/mol. The van der Waals surface area contributed by atoms with E-state index in [-0.39, 0.29) is 17.7 Å². The highest BCUT2D eigenvalue weighted by molar-refractivity contribution is 6.07. The molecule has 2 amide bonds. The van der Waals surface area contributed by atoms with E-state index in [4.69, 9.17) is 14.2 Å². The van der Waals surface area contributed by atoms with Crippen molar-refractivity contribution in [2.75, 3.05) is 34.4 Å². The number of methoxy groups -OCH3 is 3. The van der Waals surface area contributed by atoms with E-state index in [1.54, 1.807) is 44.6 Å². The lowest BCUT2D eigenvalue weighted by atomic mass is 9.97. The second kappa shape index (κ2) is 8.59. The van der Waals surface area contributed by atoms with Crippen LogP contribution in [0.2, 0.25) is 0 Å². The van der Waals surface area contributed by atoms with Crippen molar-refractivity contribution in [3.05, 3.63) is 53.7 Å². The fourth-order valence-corrected chi connectivity index (χ4v) is 3.80. The molecule has 2 N–H and O–H groups in total. The summed E-state index contributed by atoms with van der Waals surface area (Å²) in [6.45, 7) is 1.13. The van der Waals surface area contributed by atoms with Gasteiger partial charge < -0.3 is 29.4 Å². The summed E-state index contributed by atoms with van der Waals surface area (Å²) >= 11 is 0. The van der Waals surface area contributed by atoms with Gasteiger partial charge in [-0.3, -0.25) is 9.59 Å². The van der Waals surface area contributed by atoms with Gasteiger partial charge in [-0.15, -0.1) is 0 Å². The zero-order valence-electron chi connectivity index (χ0n) is 17.7. The molecule has 1 aliphatic heterocycles. The fraction of sp³-hybridized carbons (Fsp3) is 0.304. The number of H-pyrrole nitrogens is 1. The van der Waals surface area contributed by atoms with Gasteiger partial charge in [0.25, 0.3) is 5.91 Å². The van der Waals surface area contributed by atoms with Crippen LogP contribution in [0, 0.1) is 5.92 Å². The van der Waals surface area contributed by atoms with E-state index in [0.29, 0.717) is 42.4 Å². The minimum Gasteiger partial charge on any atom is -0.493 e. The number of benzene rings is 2. The SMILES string of the molecule is COc1cc(CNC(=O)C2CN(C(=O)c3c[nH]c4ccccc34)C2)cc(OC)c1OC. The number of aromatic nitrogens is 1. The zero-order chi connectivity index (χ0) is 22.0. The Bertz CT molecular complexity index is 1090. The van der Waals surface area contributed by atoms with E-state index in [1.807, 2.05) is 24.3 Å². The van der Waals surface area contributed by atoms with Crippen molar-refractivity contribution < 1.29 is 23.8 Å². The molecule has 162 valence electrons. The number of hydrogen-bond donors (Lipinski definition) is 2. The van der Waals surface area contributed by atoms with Gasteiger partial charge in [-0.1, -0.05) is 18.2 Å². The van der Waals surface area contributed by atoms with Gasteiger partial charge in [-0.2, -0.15) is 0 Å². The average Bonchev–Trinajstić information content (AvgIpc) is 3.19. The summed E-state index contributed by atoms with van der Waals surface area (Å²) in [7, 11) is 4.64. The van der Waals surface area contributed by atoms with Crippen molar-refractivity contribution in [2.45, 2.75) is 6.54 Å². The topological polar surface area (TPSA) is 92.9 Å². The molecule has 8 heteroatoms. The number of aromatic amines is 1. The second-order valence-electron chi connectivity index (χ2n) is 7.41. The monoisotopic (exact) mass is 423 g/mol. The lowest BCUT2D eigenvalue weighted by molar-refractivity contribution is -0.129. The summed E-state index contributed by atoms with van der Waals surface area (Å²) in [5, 5.41) is 3.82. The van der Waals surface area contributed by atoms with Gasteiger partial charge in [-0.05, 0) is 23.8 Å². The van der Waals surface area contributed by atoms with E-state index in [0.717, 1.165) is 16.5 Å². The Morgan fingerprint density at radius 2 is 1.74 bits per heavy atom. The quantitative estimate of drug-likeness (QED) is 0.609. The number of fused-ring (bicyclic) bond motifs is 1. The molecule has 2 heterocycles. The molecule has 1 saturated heterocycles. The number of hydrogen-bond acceptors (Lipinski definition) is 5. The summed E-state index contributed by atoms with van der Waals surface area (Å²) in [5.41, 5.74) is 2.38. The van der Waals surface area contributed by atoms with Crippen molar-refractivity contribution in [2.24, 2.45) is 5.92 Å². The molecule has 1 aliphatic rings. The minimum absolute atomic E-state index is 0.0638. The van der Waals surface area contributed by atoms with Crippen LogP contribution in [-0.4, -0.2) is 56.1 Å². The van der Waals surface area contributed by atoms with Gasteiger partial charge >= 0.3 is 0 Å². The first kappa shape index (κ1) is 20.6. The van der Waals surface area contributed by atoms with Crippen LogP contribution >= 0.6 is 0 Å². The van der Waals surface area contributed by atoms with Gasteiger partial charge in [-0.25, -0.2) is 0 Å². The third kappa shape index (κ3) is 3.88. The predicted molar refractivity (Wildman–Crippen MR) is 116 cm³/mol. The first-order chi connectivity index (χ1) is 15.0. The summed E-state index contributed by atoms with van der Waals surface area (Å²) in [6, 6.07) is 11.3. The van der Waals surface area contributed by atoms with Gasteiger partial charge in [0.05, 0.1) is 32.8 Å². The fourth-order valence-electron chi connectivity index (χ4n) is 3.80. The number of carbonyl (C=O) groups excluding carboxylic acids is 2. The zero-order valence-corrected chi connectivity index (χ0v) is 17.7. The minimum atomic E-state index is -0.226. The summed E-state index contributed by atoms with van der Waals surface area (Å²) in [6.07, 6.45) is 1.73. The highest BCUT2D eigenvalue weighted by atomic mass is 16.5. The molecule has 1 aromatic heterocycles. The number of rotatable bonds is 7. The number of para-hydroxylation sites is 1. The number of carbonyl (C=O) groups is 2. The molecule has 0 unspecified atom stereocenters. The Labute approximate surface area is 180 Å². The average molecular weight is 423 g/mol. The van der Waals surface area contributed by atoms with Crippen LogP contribution in [0.5, 0.6) is 17.2 Å². The Hall–Kier alpha value is -3.68. The third-order valence-electron chi connectivity index (χ3n) is 5.55. The first-order valence-corrected chi connectivity index (χ1v) is 9.97. The van der Waals surface area contributed by atoms with Crippen molar-refractivity contribution in [1.82, 2.24) is 15.2 Å². The van der Waals surface area contributed by atoms with Crippen molar-refractivity contribution in [3.63, 3.8) is 0 Å². The molecule has 0 spiro atoms. The summed E-state index contributed by atoms with van der Waals surface area (Å²) < 4.78 is 16.0. The molecule has 0 radical (unpaired) electrons. The summed E-state index contributed by atoms with van der Waals surface area (Å²) in [5.74, 6) is 1.19. The largest absolute Gasteiger partial charge is 0.493 e.